The maximum Gasteiger partial charge on any atom is 0.220 e. The fourth-order valence-electron chi connectivity index (χ4n) is 8.90. The molecule has 4 N–H and O–H groups in total. The first-order valence-electron chi connectivity index (χ1n) is 18.9. The normalized spacial score (nSPS) is 23.7. The van der Waals surface area contributed by atoms with Crippen LogP contribution < -0.4 is 30.7 Å². The van der Waals surface area contributed by atoms with Gasteiger partial charge < -0.3 is 30.2 Å². The van der Waals surface area contributed by atoms with Crippen LogP contribution in [0.1, 0.15) is 60.4 Å². The fraction of sp³-hybridized carbons (Fsp3) is 0.439. The number of halogens is 2. The highest BCUT2D eigenvalue weighted by Gasteiger charge is 2.47. The minimum atomic E-state index is -0.0832. The summed E-state index contributed by atoms with van der Waals surface area (Å²) in [4.78, 5) is 23.8. The van der Waals surface area contributed by atoms with Crippen molar-refractivity contribution in [2.24, 2.45) is 0 Å². The number of nitrogens with one attached hydrogen (secondary N) is 4. The van der Waals surface area contributed by atoms with Crippen molar-refractivity contribution in [3.63, 3.8) is 0 Å². The number of pyridine rings is 2. The Balaban J connectivity index is 0.897. The maximum atomic E-state index is 11.8. The zero-order valence-electron chi connectivity index (χ0n) is 30.5. The molecule has 4 aliphatic heterocycles. The van der Waals surface area contributed by atoms with Gasteiger partial charge in [-0.1, -0.05) is 65.7 Å². The van der Waals surface area contributed by atoms with E-state index in [1.165, 1.54) is 11.1 Å². The Bertz CT molecular complexity index is 2090. The number of carbonyl (C=O) groups is 1. The average molecular weight is 771 g/mol. The number of amides is 1. The molecule has 54 heavy (non-hydrogen) atoms. The van der Waals surface area contributed by atoms with E-state index in [9.17, 15) is 4.79 Å². The average Bonchev–Trinajstić information content (AvgIpc) is 3.66. The van der Waals surface area contributed by atoms with Crippen LogP contribution in [0.3, 0.4) is 0 Å². The summed E-state index contributed by atoms with van der Waals surface area (Å²) in [7, 11) is 3.30. The van der Waals surface area contributed by atoms with Crippen LogP contribution in [-0.4, -0.2) is 78.5 Å². The van der Waals surface area contributed by atoms with E-state index in [4.69, 9.17) is 47.4 Å². The number of likely N-dealkylation sites (tertiary alicyclic amines) is 1. The van der Waals surface area contributed by atoms with Gasteiger partial charge in [0.25, 0.3) is 0 Å². The van der Waals surface area contributed by atoms with Gasteiger partial charge in [-0.2, -0.15) is 4.98 Å². The van der Waals surface area contributed by atoms with Crippen LogP contribution in [0.5, 0.6) is 11.8 Å². The highest BCUT2D eigenvalue weighted by molar-refractivity contribution is 6.36. The van der Waals surface area contributed by atoms with E-state index in [1.807, 2.05) is 24.3 Å². The van der Waals surface area contributed by atoms with Crippen LogP contribution in [-0.2, 0) is 29.0 Å². The summed E-state index contributed by atoms with van der Waals surface area (Å²) in [6.07, 6.45) is 6.13. The molecule has 6 heterocycles. The second-order valence-corrected chi connectivity index (χ2v) is 16.1. The van der Waals surface area contributed by atoms with Crippen molar-refractivity contribution < 1.29 is 19.0 Å². The topological polar surface area (TPSA) is 125 Å². The molecule has 13 heteroatoms. The van der Waals surface area contributed by atoms with Gasteiger partial charge in [-0.3, -0.25) is 15.0 Å². The summed E-state index contributed by atoms with van der Waals surface area (Å²) in [6.45, 7) is 3.80. The number of epoxide rings is 1. The predicted octanol–water partition coefficient (Wildman–Crippen LogP) is 6.26. The number of piperidine rings is 1. The molecule has 2 unspecified atom stereocenters. The third-order valence-corrected chi connectivity index (χ3v) is 12.4. The molecule has 5 aliphatic rings. The molecule has 1 amide bonds. The van der Waals surface area contributed by atoms with Crippen molar-refractivity contribution in [2.45, 2.75) is 81.6 Å². The number of ether oxygens (including phenoxy) is 3. The van der Waals surface area contributed by atoms with Crippen molar-refractivity contribution in [1.29, 1.82) is 0 Å². The largest absolute Gasteiger partial charge is 0.481 e. The molecule has 0 radical (unpaired) electrons. The van der Waals surface area contributed by atoms with E-state index in [-0.39, 0.29) is 23.7 Å². The number of hydrogen-bond donors (Lipinski definition) is 4. The number of benzene rings is 2. The molecule has 9 rings (SSSR count). The highest BCUT2D eigenvalue weighted by atomic mass is 35.5. The summed E-state index contributed by atoms with van der Waals surface area (Å²) >= 11 is 14.1. The Morgan fingerprint density at radius 3 is 2.54 bits per heavy atom. The van der Waals surface area contributed by atoms with E-state index < -0.39 is 0 Å². The van der Waals surface area contributed by atoms with E-state index in [2.05, 4.69) is 56.5 Å². The molecule has 4 atom stereocenters. The lowest BCUT2D eigenvalue weighted by Gasteiger charge is -2.48. The van der Waals surface area contributed by atoms with Crippen molar-refractivity contribution in [3.8, 4) is 34.1 Å². The van der Waals surface area contributed by atoms with Crippen LogP contribution in [0, 0.1) is 0 Å². The minimum absolute atomic E-state index is 0.0172. The van der Waals surface area contributed by atoms with Gasteiger partial charge in [0.05, 0.1) is 47.6 Å². The second-order valence-electron chi connectivity index (χ2n) is 15.3. The number of carbonyl (C=O) groups excluding carboxylic acids is 1. The van der Waals surface area contributed by atoms with Crippen molar-refractivity contribution in [3.05, 3.63) is 86.9 Å². The molecule has 11 nitrogen and oxygen atoms in total. The van der Waals surface area contributed by atoms with Crippen LogP contribution in [0.2, 0.25) is 10.0 Å². The Labute approximate surface area is 325 Å². The lowest BCUT2D eigenvalue weighted by Crippen LogP contribution is -2.66. The van der Waals surface area contributed by atoms with E-state index in [0.717, 1.165) is 85.2 Å². The lowest BCUT2D eigenvalue weighted by atomic mass is 9.88. The molecule has 4 aromatic rings. The monoisotopic (exact) mass is 769 g/mol. The molecule has 1 aliphatic carbocycles. The molecule has 2 aromatic carbocycles. The van der Waals surface area contributed by atoms with Crippen LogP contribution in [0.15, 0.2) is 54.6 Å². The Hall–Kier alpha value is -3.97. The van der Waals surface area contributed by atoms with Crippen LogP contribution >= 0.6 is 23.2 Å². The molecule has 4 saturated heterocycles. The smallest absolute Gasteiger partial charge is 0.220 e. The number of anilines is 1. The number of fused-ring (bicyclic) bond motifs is 2. The molecule has 4 fully saturated rings. The summed E-state index contributed by atoms with van der Waals surface area (Å²) in [5.74, 6) is 1.87. The number of aromatic nitrogens is 2. The highest BCUT2D eigenvalue weighted by Crippen LogP contribution is 2.44. The van der Waals surface area contributed by atoms with Gasteiger partial charge in [-0.15, -0.1) is 0 Å². The Morgan fingerprint density at radius 1 is 0.944 bits per heavy atom. The predicted molar refractivity (Wildman–Crippen MR) is 209 cm³/mol. The molecular formula is C41H45Cl2N7O4. The number of methoxy groups -OCH3 is 2. The molecule has 1 spiro atoms. The summed E-state index contributed by atoms with van der Waals surface area (Å²) in [6, 6.07) is 19.0. The molecular weight excluding hydrogens is 725 g/mol. The van der Waals surface area contributed by atoms with Gasteiger partial charge in [0, 0.05) is 67.4 Å². The molecule has 0 bridgehead atoms. The first kappa shape index (κ1) is 35.7. The summed E-state index contributed by atoms with van der Waals surface area (Å²) < 4.78 is 17.1. The first-order chi connectivity index (χ1) is 26.3. The van der Waals surface area contributed by atoms with Crippen LogP contribution in [0.4, 0.5) is 5.82 Å². The summed E-state index contributed by atoms with van der Waals surface area (Å²) in [5.41, 5.74) is 7.97. The zero-order valence-corrected chi connectivity index (χ0v) is 32.0. The van der Waals surface area contributed by atoms with Gasteiger partial charge in [0.15, 0.2) is 0 Å². The zero-order chi connectivity index (χ0) is 37.0. The van der Waals surface area contributed by atoms with Crippen molar-refractivity contribution >= 4 is 34.9 Å². The van der Waals surface area contributed by atoms with E-state index in [0.29, 0.717) is 59.3 Å². The molecule has 2 aromatic heterocycles. The van der Waals surface area contributed by atoms with Crippen molar-refractivity contribution in [2.75, 3.05) is 39.2 Å². The molecule has 0 saturated carbocycles. The number of hydrogen-bond acceptors (Lipinski definition) is 10. The summed E-state index contributed by atoms with van der Waals surface area (Å²) in [5, 5.41) is 15.1. The van der Waals surface area contributed by atoms with E-state index >= 15 is 0 Å². The van der Waals surface area contributed by atoms with Gasteiger partial charge in [0.2, 0.25) is 17.7 Å². The van der Waals surface area contributed by atoms with E-state index in [1.54, 1.807) is 14.2 Å². The second kappa shape index (κ2) is 14.6. The number of rotatable bonds is 12. The van der Waals surface area contributed by atoms with Gasteiger partial charge in [0.1, 0.15) is 12.0 Å². The Kier molecular flexibility index (Phi) is 9.65. The lowest BCUT2D eigenvalue weighted by molar-refractivity contribution is -0.120. The number of nitrogens with zero attached hydrogens (tertiary/aromatic N) is 3. The minimum Gasteiger partial charge on any atom is -0.481 e. The third-order valence-electron chi connectivity index (χ3n) is 11.7. The van der Waals surface area contributed by atoms with Gasteiger partial charge in [-0.05, 0) is 60.9 Å². The Morgan fingerprint density at radius 2 is 1.74 bits per heavy atom. The van der Waals surface area contributed by atoms with Gasteiger partial charge >= 0.3 is 0 Å². The third kappa shape index (κ3) is 6.91. The standard InChI is InChI=1S/C41H45Cl2N7O4/c1-52-38-23(18-44-19-25-10-14-34-40(45-25)54-34)9-12-33(47-38)30-8-4-7-29(36(30)43)26-5-3-6-28-27(26)11-13-32(28)46-37-31(42)17-24(39(48-37)53-2)20-50-21-41(22-50)16-15-35(51)49-41/h3-9,12,17,25,32,34,40,44-45H,10-11,13-16,18-22H2,1-2H3,(H,46,48)(H,49,51)/t25-,32-,34?,40?/m0/s1. The van der Waals surface area contributed by atoms with Crippen molar-refractivity contribution in [1.82, 2.24) is 30.8 Å². The maximum absolute atomic E-state index is 11.8. The van der Waals surface area contributed by atoms with Gasteiger partial charge in [-0.25, -0.2) is 4.98 Å². The fourth-order valence-corrected chi connectivity index (χ4v) is 9.45. The SMILES string of the molecule is COc1nc(-c2cccc(-c3cccc4c3CC[C@@H]4Nc3nc(OC)c(CN4CC5(CCC(=O)N5)C4)cc3Cl)c2Cl)ccc1CNC[C@@H]1CCC2OC2N1. The first-order valence-corrected chi connectivity index (χ1v) is 19.7. The van der Waals surface area contributed by atoms with Crippen LogP contribution in [0.25, 0.3) is 22.4 Å². The quantitative estimate of drug-likeness (QED) is 0.123. The molecule has 282 valence electrons.